The Morgan fingerprint density at radius 3 is 2.52 bits per heavy atom. The molecule has 27 heavy (non-hydrogen) atoms. The predicted molar refractivity (Wildman–Crippen MR) is 107 cm³/mol. The molecule has 0 aliphatic carbocycles. The summed E-state index contributed by atoms with van der Waals surface area (Å²) in [6.07, 6.45) is 6.28. The van der Waals surface area contributed by atoms with Gasteiger partial charge >= 0.3 is 0 Å². The molecule has 148 valence electrons. The molecule has 2 fully saturated rings. The van der Waals surface area contributed by atoms with E-state index in [1.165, 1.54) is 24.9 Å². The van der Waals surface area contributed by atoms with E-state index in [9.17, 15) is 9.59 Å². The van der Waals surface area contributed by atoms with Crippen LogP contribution < -0.4 is 15.1 Å². The summed E-state index contributed by atoms with van der Waals surface area (Å²) in [7, 11) is 0. The number of rotatable bonds is 7. The molecular formula is C21H31N3O3. The van der Waals surface area contributed by atoms with Crippen LogP contribution in [0.2, 0.25) is 0 Å². The van der Waals surface area contributed by atoms with Gasteiger partial charge in [-0.2, -0.15) is 0 Å². The van der Waals surface area contributed by atoms with Crippen molar-refractivity contribution in [1.29, 1.82) is 0 Å². The molecule has 3 rings (SSSR count). The Bertz CT molecular complexity index is 620. The molecule has 0 spiro atoms. The summed E-state index contributed by atoms with van der Waals surface area (Å²) in [5.41, 5.74) is 2.05. The van der Waals surface area contributed by atoms with Crippen molar-refractivity contribution >= 4 is 23.2 Å². The number of nitrogens with zero attached hydrogens (tertiary/aromatic N) is 2. The Balaban J connectivity index is 1.51. The van der Waals surface area contributed by atoms with E-state index in [1.807, 2.05) is 12.1 Å². The average molecular weight is 373 g/mol. The van der Waals surface area contributed by atoms with Crippen molar-refractivity contribution in [2.45, 2.75) is 51.6 Å². The van der Waals surface area contributed by atoms with E-state index in [0.717, 1.165) is 38.2 Å². The largest absolute Gasteiger partial charge is 0.376 e. The maximum Gasteiger partial charge on any atom is 0.223 e. The second-order valence-electron chi connectivity index (χ2n) is 7.42. The maximum atomic E-state index is 12.1. The number of anilines is 2. The van der Waals surface area contributed by atoms with E-state index in [2.05, 4.69) is 22.3 Å². The second-order valence-corrected chi connectivity index (χ2v) is 7.42. The number of piperidine rings is 1. The van der Waals surface area contributed by atoms with E-state index >= 15 is 0 Å². The third-order valence-corrected chi connectivity index (χ3v) is 5.38. The monoisotopic (exact) mass is 373 g/mol. The number of hydrogen-bond acceptors (Lipinski definition) is 4. The van der Waals surface area contributed by atoms with Crippen molar-refractivity contribution in [3.05, 3.63) is 24.3 Å². The third-order valence-electron chi connectivity index (χ3n) is 5.38. The Morgan fingerprint density at radius 2 is 1.89 bits per heavy atom. The molecular weight excluding hydrogens is 342 g/mol. The quantitative estimate of drug-likeness (QED) is 0.798. The van der Waals surface area contributed by atoms with Gasteiger partial charge in [-0.05, 0) is 56.4 Å². The van der Waals surface area contributed by atoms with E-state index in [0.29, 0.717) is 19.5 Å². The molecule has 0 saturated carbocycles. The number of amides is 2. The molecule has 2 heterocycles. The molecule has 1 N–H and O–H groups in total. The van der Waals surface area contributed by atoms with Gasteiger partial charge in [-0.15, -0.1) is 0 Å². The Hall–Kier alpha value is -2.08. The molecule has 1 aromatic carbocycles. The van der Waals surface area contributed by atoms with Crippen LogP contribution >= 0.6 is 0 Å². The van der Waals surface area contributed by atoms with Gasteiger partial charge in [0.2, 0.25) is 11.8 Å². The summed E-state index contributed by atoms with van der Waals surface area (Å²) in [6, 6.07) is 8.12. The minimum atomic E-state index is -0.0485. The summed E-state index contributed by atoms with van der Waals surface area (Å²) in [4.78, 5) is 28.2. The Kier molecular flexibility index (Phi) is 7.10. The Morgan fingerprint density at radius 1 is 1.15 bits per heavy atom. The van der Waals surface area contributed by atoms with Gasteiger partial charge in [0, 0.05) is 57.5 Å². The smallest absolute Gasteiger partial charge is 0.223 e. The fourth-order valence-corrected chi connectivity index (χ4v) is 3.80. The summed E-state index contributed by atoms with van der Waals surface area (Å²) in [5, 5.41) is 2.91. The van der Waals surface area contributed by atoms with Gasteiger partial charge in [0.15, 0.2) is 0 Å². The van der Waals surface area contributed by atoms with Crippen molar-refractivity contribution in [1.82, 2.24) is 5.32 Å². The molecule has 1 unspecified atom stereocenters. The average Bonchev–Trinajstić information content (AvgIpc) is 3.21. The number of nitrogens with one attached hydrogen (secondary N) is 1. The fraction of sp³-hybridized carbons (Fsp3) is 0.619. The minimum Gasteiger partial charge on any atom is -0.376 e. The molecule has 2 aliphatic rings. The molecule has 2 amide bonds. The van der Waals surface area contributed by atoms with E-state index in [4.69, 9.17) is 4.74 Å². The zero-order valence-corrected chi connectivity index (χ0v) is 16.3. The van der Waals surface area contributed by atoms with Crippen LogP contribution in [0, 0.1) is 0 Å². The first kappa shape index (κ1) is 19.7. The first-order valence-corrected chi connectivity index (χ1v) is 10.1. The standard InChI is InChI=1S/C21H31N3O3/c1-17(25)24(14-11-21(26)22-16-20-6-5-15-27-20)19-9-7-18(8-10-19)23-12-3-2-4-13-23/h7-10,20H,2-6,11-16H2,1H3,(H,22,26). The Labute approximate surface area is 161 Å². The topological polar surface area (TPSA) is 61.9 Å². The lowest BCUT2D eigenvalue weighted by Gasteiger charge is -2.29. The van der Waals surface area contributed by atoms with Crippen LogP contribution in [0.15, 0.2) is 24.3 Å². The van der Waals surface area contributed by atoms with Crippen LogP contribution in [0.3, 0.4) is 0 Å². The van der Waals surface area contributed by atoms with Crippen molar-refractivity contribution in [2.75, 3.05) is 42.6 Å². The first-order chi connectivity index (χ1) is 13.1. The third kappa shape index (κ3) is 5.70. The van der Waals surface area contributed by atoms with Crippen LogP contribution in [0.4, 0.5) is 11.4 Å². The van der Waals surface area contributed by atoms with E-state index in [1.54, 1.807) is 11.8 Å². The molecule has 2 aliphatic heterocycles. The highest BCUT2D eigenvalue weighted by molar-refractivity contribution is 5.92. The van der Waals surface area contributed by atoms with Crippen molar-refractivity contribution < 1.29 is 14.3 Å². The van der Waals surface area contributed by atoms with E-state index in [-0.39, 0.29) is 17.9 Å². The number of hydrogen-bond donors (Lipinski definition) is 1. The molecule has 0 aromatic heterocycles. The summed E-state index contributed by atoms with van der Waals surface area (Å²) in [6.45, 7) is 5.47. The summed E-state index contributed by atoms with van der Waals surface area (Å²) >= 11 is 0. The first-order valence-electron chi connectivity index (χ1n) is 10.1. The van der Waals surface area contributed by atoms with Gasteiger partial charge in [-0.25, -0.2) is 0 Å². The van der Waals surface area contributed by atoms with Crippen LogP contribution in [0.1, 0.15) is 45.4 Å². The van der Waals surface area contributed by atoms with E-state index < -0.39 is 0 Å². The zero-order chi connectivity index (χ0) is 19.1. The minimum absolute atomic E-state index is 0.0401. The lowest BCUT2D eigenvalue weighted by molar-refractivity contribution is -0.121. The highest BCUT2D eigenvalue weighted by Crippen LogP contribution is 2.24. The number of carbonyl (C=O) groups excluding carboxylic acids is 2. The molecule has 2 saturated heterocycles. The summed E-state index contributed by atoms with van der Waals surface area (Å²) in [5.74, 6) is -0.0886. The number of benzene rings is 1. The summed E-state index contributed by atoms with van der Waals surface area (Å²) < 4.78 is 5.51. The van der Waals surface area contributed by atoms with Gasteiger partial charge in [-0.1, -0.05) is 0 Å². The molecule has 6 heteroatoms. The molecule has 1 aromatic rings. The SMILES string of the molecule is CC(=O)N(CCC(=O)NCC1CCCO1)c1ccc(N2CCCCC2)cc1. The fourth-order valence-electron chi connectivity index (χ4n) is 3.80. The number of carbonyl (C=O) groups is 2. The zero-order valence-electron chi connectivity index (χ0n) is 16.3. The van der Waals surface area contributed by atoms with Gasteiger partial charge in [0.25, 0.3) is 0 Å². The van der Waals surface area contributed by atoms with Crippen LogP contribution in [0.25, 0.3) is 0 Å². The van der Waals surface area contributed by atoms with Gasteiger partial charge < -0.3 is 19.9 Å². The molecule has 1 atom stereocenters. The van der Waals surface area contributed by atoms with Crippen molar-refractivity contribution in [3.63, 3.8) is 0 Å². The van der Waals surface area contributed by atoms with Gasteiger partial charge in [-0.3, -0.25) is 9.59 Å². The lowest BCUT2D eigenvalue weighted by Crippen LogP contribution is -2.36. The van der Waals surface area contributed by atoms with Gasteiger partial charge in [0.05, 0.1) is 6.10 Å². The lowest BCUT2D eigenvalue weighted by atomic mass is 10.1. The molecule has 0 radical (unpaired) electrons. The molecule has 6 nitrogen and oxygen atoms in total. The van der Waals surface area contributed by atoms with Crippen LogP contribution in [0.5, 0.6) is 0 Å². The maximum absolute atomic E-state index is 12.1. The highest BCUT2D eigenvalue weighted by Gasteiger charge is 2.18. The normalized spacial score (nSPS) is 19.7. The van der Waals surface area contributed by atoms with Crippen LogP contribution in [-0.4, -0.2) is 50.7 Å². The second kappa shape index (κ2) is 9.74. The number of ether oxygens (including phenoxy) is 1. The predicted octanol–water partition coefficient (Wildman–Crippen LogP) is 2.72. The van der Waals surface area contributed by atoms with Crippen LogP contribution in [-0.2, 0) is 14.3 Å². The van der Waals surface area contributed by atoms with Crippen molar-refractivity contribution in [3.8, 4) is 0 Å². The molecule has 0 bridgehead atoms. The highest BCUT2D eigenvalue weighted by atomic mass is 16.5. The van der Waals surface area contributed by atoms with Gasteiger partial charge in [0.1, 0.15) is 0 Å². The van der Waals surface area contributed by atoms with Crippen molar-refractivity contribution in [2.24, 2.45) is 0 Å².